The second-order valence-electron chi connectivity index (χ2n) is 6.61. The predicted octanol–water partition coefficient (Wildman–Crippen LogP) is 1.12. The fraction of sp³-hybridized carbons (Fsp3) is 0.333. The molecule has 0 spiro atoms. The number of fused-ring (bicyclic) bond motifs is 1. The molecule has 0 aliphatic rings. The number of carbonyl (C=O) groups excluding carboxylic acids is 1. The molecule has 166 valence electrons. The minimum absolute atomic E-state index is 0.0340. The van der Waals surface area contributed by atoms with E-state index in [9.17, 15) is 19.0 Å². The lowest BCUT2D eigenvalue weighted by atomic mass is 10.2. The molecule has 1 unspecified atom stereocenters. The van der Waals surface area contributed by atoms with Crippen LogP contribution in [0.5, 0.6) is 0 Å². The van der Waals surface area contributed by atoms with Crippen molar-refractivity contribution < 1.29 is 28.3 Å². The standard InChI is InChI=1S/C18H22N5O7P/c1-12(30-17(25)13-5-3-2-4-6-13)9-29-31(26,27)11-28-8-7-23-10-20-14-15(23)21-18(19)22-16(14)24/h2-6,10,12H,7-9,11H2,1H3,(H,26,27)(H3,19,21,22,24)/t12-/m0/s1. The Hall–Kier alpha value is -3.05. The molecule has 0 aliphatic carbocycles. The molecule has 2 aromatic heterocycles. The first-order chi connectivity index (χ1) is 14.7. The Labute approximate surface area is 176 Å². The molecule has 2 atom stereocenters. The minimum Gasteiger partial charge on any atom is -0.457 e. The van der Waals surface area contributed by atoms with Gasteiger partial charge in [0, 0.05) is 6.54 Å². The van der Waals surface area contributed by atoms with Crippen molar-refractivity contribution in [1.82, 2.24) is 19.5 Å². The van der Waals surface area contributed by atoms with E-state index in [2.05, 4.69) is 15.0 Å². The van der Waals surface area contributed by atoms with Gasteiger partial charge >= 0.3 is 13.6 Å². The largest absolute Gasteiger partial charge is 0.457 e. The number of anilines is 1. The summed E-state index contributed by atoms with van der Waals surface area (Å²) in [7, 11) is -4.06. The Morgan fingerprint density at radius 2 is 2.10 bits per heavy atom. The average Bonchev–Trinajstić information content (AvgIpc) is 3.13. The zero-order chi connectivity index (χ0) is 22.4. The van der Waals surface area contributed by atoms with Crippen LogP contribution in [0.3, 0.4) is 0 Å². The van der Waals surface area contributed by atoms with Gasteiger partial charge in [0.2, 0.25) is 5.95 Å². The summed E-state index contributed by atoms with van der Waals surface area (Å²) in [6.45, 7) is 1.53. The Bertz CT molecular complexity index is 1150. The zero-order valence-corrected chi connectivity index (χ0v) is 17.5. The minimum atomic E-state index is -4.06. The number of aromatic amines is 1. The molecule has 3 rings (SSSR count). The molecule has 4 N–H and O–H groups in total. The lowest BCUT2D eigenvalue weighted by molar-refractivity contribution is 0.0202. The maximum atomic E-state index is 12.1. The summed E-state index contributed by atoms with van der Waals surface area (Å²) in [5.41, 5.74) is 5.85. The molecular weight excluding hydrogens is 429 g/mol. The summed E-state index contributed by atoms with van der Waals surface area (Å²) >= 11 is 0. The SMILES string of the molecule is C[C@@H](COP(=O)(O)COCCn1cnc2c(=O)[nH]c(N)nc21)OC(=O)c1ccccc1. The number of esters is 1. The first kappa shape index (κ1) is 22.6. The molecule has 12 nitrogen and oxygen atoms in total. The number of nitrogens with one attached hydrogen (secondary N) is 1. The van der Waals surface area contributed by atoms with E-state index in [1.807, 2.05) is 0 Å². The number of aromatic nitrogens is 4. The van der Waals surface area contributed by atoms with Crippen molar-refractivity contribution in [1.29, 1.82) is 0 Å². The monoisotopic (exact) mass is 451 g/mol. The van der Waals surface area contributed by atoms with Crippen molar-refractivity contribution in [2.45, 2.75) is 19.6 Å². The van der Waals surface area contributed by atoms with Gasteiger partial charge in [0.1, 0.15) is 12.5 Å². The van der Waals surface area contributed by atoms with Crippen molar-refractivity contribution in [2.24, 2.45) is 0 Å². The molecule has 0 fully saturated rings. The van der Waals surface area contributed by atoms with Crippen molar-refractivity contribution in [3.63, 3.8) is 0 Å². The predicted molar refractivity (Wildman–Crippen MR) is 110 cm³/mol. The number of nitrogens with two attached hydrogens (primary N) is 1. The number of hydrogen-bond acceptors (Lipinski definition) is 9. The van der Waals surface area contributed by atoms with Crippen LogP contribution in [0.4, 0.5) is 5.95 Å². The normalized spacial score (nSPS) is 14.3. The van der Waals surface area contributed by atoms with Crippen LogP contribution in [-0.2, 0) is 25.1 Å². The van der Waals surface area contributed by atoms with Gasteiger partial charge in [0.15, 0.2) is 11.2 Å². The average molecular weight is 451 g/mol. The maximum absolute atomic E-state index is 12.1. The lowest BCUT2D eigenvalue weighted by Gasteiger charge is -2.17. The summed E-state index contributed by atoms with van der Waals surface area (Å²) in [5, 5.41) is 0. The maximum Gasteiger partial charge on any atom is 0.353 e. The summed E-state index contributed by atoms with van der Waals surface area (Å²) in [6.07, 6.45) is 0.1000. The van der Waals surface area contributed by atoms with Crippen LogP contribution >= 0.6 is 7.60 Å². The van der Waals surface area contributed by atoms with E-state index in [0.29, 0.717) is 5.56 Å². The molecule has 31 heavy (non-hydrogen) atoms. The number of nitrogen functional groups attached to an aromatic ring is 1. The third-order valence-corrected chi connectivity index (χ3v) is 5.11. The topological polar surface area (TPSA) is 172 Å². The van der Waals surface area contributed by atoms with Gasteiger partial charge in [-0.15, -0.1) is 0 Å². The molecular formula is C18H22N5O7P. The van der Waals surface area contributed by atoms with Gasteiger partial charge in [-0.05, 0) is 19.1 Å². The van der Waals surface area contributed by atoms with Gasteiger partial charge in [0.05, 0.1) is 25.1 Å². The number of rotatable bonds is 10. The van der Waals surface area contributed by atoms with Crippen LogP contribution in [0.25, 0.3) is 11.2 Å². The first-order valence-electron chi connectivity index (χ1n) is 9.26. The second kappa shape index (κ2) is 9.84. The van der Waals surface area contributed by atoms with Crippen molar-refractivity contribution in [3.8, 4) is 0 Å². The third-order valence-electron chi connectivity index (χ3n) is 4.05. The van der Waals surface area contributed by atoms with E-state index in [-0.39, 0.29) is 36.9 Å². The fourth-order valence-electron chi connectivity index (χ4n) is 2.59. The highest BCUT2D eigenvalue weighted by molar-refractivity contribution is 7.52. The summed E-state index contributed by atoms with van der Waals surface area (Å²) in [4.78, 5) is 43.9. The molecule has 13 heteroatoms. The van der Waals surface area contributed by atoms with Crippen LogP contribution in [-0.4, -0.2) is 56.0 Å². The van der Waals surface area contributed by atoms with E-state index in [1.54, 1.807) is 37.3 Å². The highest BCUT2D eigenvalue weighted by atomic mass is 31.2. The van der Waals surface area contributed by atoms with Gasteiger partial charge in [-0.3, -0.25) is 14.3 Å². The smallest absolute Gasteiger partial charge is 0.353 e. The van der Waals surface area contributed by atoms with E-state index in [1.165, 1.54) is 10.9 Å². The fourth-order valence-corrected chi connectivity index (χ4v) is 3.47. The van der Waals surface area contributed by atoms with E-state index < -0.39 is 31.6 Å². The van der Waals surface area contributed by atoms with Gasteiger partial charge in [0.25, 0.3) is 5.56 Å². The number of hydrogen-bond donors (Lipinski definition) is 3. The van der Waals surface area contributed by atoms with E-state index >= 15 is 0 Å². The number of carbonyl (C=O) groups is 1. The lowest BCUT2D eigenvalue weighted by Crippen LogP contribution is -2.20. The molecule has 0 radical (unpaired) electrons. The zero-order valence-electron chi connectivity index (χ0n) is 16.6. The summed E-state index contributed by atoms with van der Waals surface area (Å²) < 4.78 is 29.0. The van der Waals surface area contributed by atoms with E-state index in [0.717, 1.165) is 0 Å². The molecule has 0 aliphatic heterocycles. The van der Waals surface area contributed by atoms with Crippen molar-refractivity contribution >= 4 is 30.7 Å². The Balaban J connectivity index is 1.42. The molecule has 0 saturated carbocycles. The molecule has 2 heterocycles. The summed E-state index contributed by atoms with van der Waals surface area (Å²) in [6, 6.07) is 8.37. The Morgan fingerprint density at radius 3 is 2.84 bits per heavy atom. The quantitative estimate of drug-likeness (QED) is 0.230. The van der Waals surface area contributed by atoms with Crippen LogP contribution in [0.1, 0.15) is 17.3 Å². The molecule has 0 amide bonds. The summed E-state index contributed by atoms with van der Waals surface area (Å²) in [5.74, 6) is -0.600. The molecule has 0 saturated heterocycles. The number of benzene rings is 1. The van der Waals surface area contributed by atoms with Crippen molar-refractivity contribution in [3.05, 3.63) is 52.6 Å². The molecule has 0 bridgehead atoms. The van der Waals surface area contributed by atoms with Crippen LogP contribution in [0.15, 0.2) is 41.5 Å². The van der Waals surface area contributed by atoms with Crippen LogP contribution in [0, 0.1) is 0 Å². The van der Waals surface area contributed by atoms with Gasteiger partial charge in [-0.1, -0.05) is 18.2 Å². The number of H-pyrrole nitrogens is 1. The van der Waals surface area contributed by atoms with Gasteiger partial charge in [-0.2, -0.15) is 4.98 Å². The Morgan fingerprint density at radius 1 is 1.35 bits per heavy atom. The first-order valence-corrected chi connectivity index (χ1v) is 11.0. The third kappa shape index (κ3) is 6.22. The highest BCUT2D eigenvalue weighted by Gasteiger charge is 2.22. The van der Waals surface area contributed by atoms with Gasteiger partial charge in [-0.25, -0.2) is 9.78 Å². The molecule has 3 aromatic rings. The van der Waals surface area contributed by atoms with Crippen molar-refractivity contribution in [2.75, 3.05) is 25.3 Å². The second-order valence-corrected chi connectivity index (χ2v) is 8.41. The number of nitrogens with zero attached hydrogens (tertiary/aromatic N) is 3. The number of imidazole rings is 1. The Kier molecular flexibility index (Phi) is 7.18. The van der Waals surface area contributed by atoms with Gasteiger partial charge < -0.3 is 29.2 Å². The number of ether oxygens (including phenoxy) is 2. The van der Waals surface area contributed by atoms with Crippen LogP contribution < -0.4 is 11.3 Å². The van der Waals surface area contributed by atoms with E-state index in [4.69, 9.17) is 19.7 Å². The van der Waals surface area contributed by atoms with Crippen LogP contribution in [0.2, 0.25) is 0 Å². The highest BCUT2D eigenvalue weighted by Crippen LogP contribution is 2.41. The molecule has 1 aromatic carbocycles.